The lowest BCUT2D eigenvalue weighted by Gasteiger charge is -2.24. The van der Waals surface area contributed by atoms with E-state index >= 15 is 0 Å². The molecule has 0 N–H and O–H groups in total. The molecule has 1 aliphatic rings. The first kappa shape index (κ1) is 23.4. The topological polar surface area (TPSA) is 25.4 Å². The predicted octanol–water partition coefficient (Wildman–Crippen LogP) is 7.43. The summed E-state index contributed by atoms with van der Waals surface area (Å²) in [6.45, 7) is 6.10. The summed E-state index contributed by atoms with van der Waals surface area (Å²) in [5.74, 6) is 3.74. The van der Waals surface area contributed by atoms with E-state index in [-0.39, 0.29) is 5.82 Å². The van der Waals surface area contributed by atoms with Crippen LogP contribution in [0.1, 0.15) is 34.4 Å². The summed E-state index contributed by atoms with van der Waals surface area (Å²) in [7, 11) is 1.63. The maximum Gasteiger partial charge on any atom is 0.191 e. The number of nitrogens with zero attached hydrogens (tertiary/aromatic N) is 2. The van der Waals surface area contributed by atoms with Crippen molar-refractivity contribution in [1.29, 1.82) is 0 Å². The standard InChI is InChI=1S/C27H26ClFN2OS/c1-6-11-31(24(13-19-8-9-19)20-10-7-16(2)23(29)14-20)27-30-26(18(4)33-27)21-12-17(3)25(32-5)15-22(21)28/h1,7,10,12-15,19H,8-9,11H2,2-5H3/b24-13+. The minimum Gasteiger partial charge on any atom is -0.496 e. The quantitative estimate of drug-likeness (QED) is 0.329. The molecule has 33 heavy (non-hydrogen) atoms. The van der Waals surface area contributed by atoms with Gasteiger partial charge in [-0.2, -0.15) is 0 Å². The van der Waals surface area contributed by atoms with Gasteiger partial charge in [0, 0.05) is 21.7 Å². The fourth-order valence-electron chi connectivity index (χ4n) is 3.74. The molecule has 3 nitrogen and oxygen atoms in total. The third-order valence-electron chi connectivity index (χ3n) is 5.78. The molecule has 1 aliphatic carbocycles. The van der Waals surface area contributed by atoms with Crippen LogP contribution in [0.2, 0.25) is 5.02 Å². The maximum absolute atomic E-state index is 14.5. The van der Waals surface area contributed by atoms with Gasteiger partial charge < -0.3 is 9.64 Å². The molecule has 1 aromatic heterocycles. The van der Waals surface area contributed by atoms with Crippen LogP contribution in [-0.2, 0) is 0 Å². The molecule has 0 unspecified atom stereocenters. The Morgan fingerprint density at radius 3 is 2.67 bits per heavy atom. The molecular formula is C27H26ClFN2OS. The van der Waals surface area contributed by atoms with Crippen molar-refractivity contribution in [2.75, 3.05) is 18.6 Å². The molecule has 4 rings (SSSR count). The van der Waals surface area contributed by atoms with Gasteiger partial charge in [-0.15, -0.1) is 17.8 Å². The zero-order valence-corrected chi connectivity index (χ0v) is 20.8. The van der Waals surface area contributed by atoms with E-state index in [0.717, 1.165) is 56.7 Å². The minimum absolute atomic E-state index is 0.230. The SMILES string of the molecule is C#CCN(/C(=C/C1CC1)c1ccc(C)c(F)c1)c1nc(-c2cc(C)c(OC)cc2Cl)c(C)s1. The Morgan fingerprint density at radius 2 is 2.03 bits per heavy atom. The Balaban J connectivity index is 1.81. The lowest BCUT2D eigenvalue weighted by atomic mass is 10.1. The van der Waals surface area contributed by atoms with Gasteiger partial charge in [-0.25, -0.2) is 9.37 Å². The Kier molecular flexibility index (Phi) is 6.78. The lowest BCUT2D eigenvalue weighted by Crippen LogP contribution is -2.22. The molecule has 0 atom stereocenters. The number of hydrogen-bond donors (Lipinski definition) is 0. The van der Waals surface area contributed by atoms with Crippen LogP contribution in [0.4, 0.5) is 9.52 Å². The van der Waals surface area contributed by atoms with Crippen molar-refractivity contribution >= 4 is 33.8 Å². The molecule has 0 bridgehead atoms. The van der Waals surface area contributed by atoms with Gasteiger partial charge in [0.1, 0.15) is 11.6 Å². The number of aryl methyl sites for hydroxylation is 3. The number of thiazole rings is 1. The summed E-state index contributed by atoms with van der Waals surface area (Å²) >= 11 is 8.14. The first-order chi connectivity index (χ1) is 15.8. The Hall–Kier alpha value is -2.81. The number of anilines is 1. The van der Waals surface area contributed by atoms with Gasteiger partial charge in [-0.05, 0) is 68.9 Å². The highest BCUT2D eigenvalue weighted by Gasteiger charge is 2.25. The second-order valence-corrected chi connectivity index (χ2v) is 9.94. The van der Waals surface area contributed by atoms with E-state index < -0.39 is 0 Å². The molecule has 1 saturated carbocycles. The number of hydrogen-bond acceptors (Lipinski definition) is 4. The van der Waals surface area contributed by atoms with Crippen LogP contribution in [0.25, 0.3) is 17.0 Å². The summed E-state index contributed by atoms with van der Waals surface area (Å²) < 4.78 is 19.8. The van der Waals surface area contributed by atoms with Gasteiger partial charge in [0.25, 0.3) is 0 Å². The average Bonchev–Trinajstić information content (AvgIpc) is 3.53. The first-order valence-corrected chi connectivity index (χ1v) is 12.0. The van der Waals surface area contributed by atoms with Crippen molar-refractivity contribution in [3.8, 4) is 29.4 Å². The third kappa shape index (κ3) is 4.93. The van der Waals surface area contributed by atoms with E-state index in [0.29, 0.717) is 23.0 Å². The molecule has 3 aromatic rings. The zero-order valence-electron chi connectivity index (χ0n) is 19.2. The highest BCUT2D eigenvalue weighted by molar-refractivity contribution is 7.16. The number of rotatable bonds is 7. The van der Waals surface area contributed by atoms with Gasteiger partial charge in [0.2, 0.25) is 0 Å². The van der Waals surface area contributed by atoms with Gasteiger partial charge in [0.15, 0.2) is 5.13 Å². The number of allylic oxidation sites excluding steroid dienone is 1. The van der Waals surface area contributed by atoms with Crippen LogP contribution in [0.15, 0.2) is 36.4 Å². The molecule has 0 aliphatic heterocycles. The van der Waals surface area contributed by atoms with Crippen molar-refractivity contribution < 1.29 is 9.13 Å². The van der Waals surface area contributed by atoms with Gasteiger partial charge >= 0.3 is 0 Å². The number of methoxy groups -OCH3 is 1. The van der Waals surface area contributed by atoms with E-state index in [2.05, 4.69) is 12.0 Å². The first-order valence-electron chi connectivity index (χ1n) is 10.8. The maximum atomic E-state index is 14.5. The average molecular weight is 481 g/mol. The van der Waals surface area contributed by atoms with Gasteiger partial charge in [-0.1, -0.05) is 35.7 Å². The van der Waals surface area contributed by atoms with Crippen molar-refractivity contribution in [3.05, 3.63) is 68.8 Å². The van der Waals surface area contributed by atoms with Crippen LogP contribution < -0.4 is 9.64 Å². The molecule has 0 saturated heterocycles. The van der Waals surface area contributed by atoms with E-state index in [4.69, 9.17) is 27.7 Å². The minimum atomic E-state index is -0.230. The van der Waals surface area contributed by atoms with Gasteiger partial charge in [0.05, 0.1) is 24.4 Å². The number of halogens is 2. The lowest BCUT2D eigenvalue weighted by molar-refractivity contribution is 0.412. The van der Waals surface area contributed by atoms with E-state index in [9.17, 15) is 4.39 Å². The fraction of sp³-hybridized carbons (Fsp3) is 0.296. The van der Waals surface area contributed by atoms with E-state index in [1.54, 1.807) is 37.5 Å². The second-order valence-electron chi connectivity index (χ2n) is 8.35. The Labute approximate surface area is 203 Å². The van der Waals surface area contributed by atoms with E-state index in [1.165, 1.54) is 0 Å². The monoisotopic (exact) mass is 480 g/mol. The summed E-state index contributed by atoms with van der Waals surface area (Å²) in [6.07, 6.45) is 10.2. The third-order valence-corrected chi connectivity index (χ3v) is 7.09. The second kappa shape index (κ2) is 9.59. The molecule has 0 radical (unpaired) electrons. The summed E-state index contributed by atoms with van der Waals surface area (Å²) in [4.78, 5) is 7.99. The molecule has 6 heteroatoms. The molecule has 1 fully saturated rings. The van der Waals surface area contributed by atoms with Crippen molar-refractivity contribution in [3.63, 3.8) is 0 Å². The van der Waals surface area contributed by atoms with Crippen molar-refractivity contribution in [2.45, 2.75) is 33.6 Å². The summed E-state index contributed by atoms with van der Waals surface area (Å²) in [5.41, 5.74) is 4.96. The molecule has 1 heterocycles. The van der Waals surface area contributed by atoms with Crippen LogP contribution >= 0.6 is 22.9 Å². The summed E-state index contributed by atoms with van der Waals surface area (Å²) in [6, 6.07) is 9.14. The van der Waals surface area contributed by atoms with Crippen molar-refractivity contribution in [1.82, 2.24) is 4.98 Å². The predicted molar refractivity (Wildman–Crippen MR) is 137 cm³/mol. The summed E-state index contributed by atoms with van der Waals surface area (Å²) in [5, 5.41) is 1.34. The molecule has 0 spiro atoms. The van der Waals surface area contributed by atoms with Crippen LogP contribution in [0, 0.1) is 44.9 Å². The highest BCUT2D eigenvalue weighted by Crippen LogP contribution is 2.42. The molecule has 0 amide bonds. The number of benzene rings is 2. The molecule has 170 valence electrons. The molecule has 2 aromatic carbocycles. The van der Waals surface area contributed by atoms with Crippen LogP contribution in [-0.4, -0.2) is 18.6 Å². The highest BCUT2D eigenvalue weighted by atomic mass is 35.5. The van der Waals surface area contributed by atoms with E-state index in [1.807, 2.05) is 36.9 Å². The largest absolute Gasteiger partial charge is 0.496 e. The number of terminal acetylenes is 1. The van der Waals surface area contributed by atoms with Crippen LogP contribution in [0.3, 0.4) is 0 Å². The van der Waals surface area contributed by atoms with Crippen molar-refractivity contribution in [2.24, 2.45) is 5.92 Å². The Morgan fingerprint density at radius 1 is 1.27 bits per heavy atom. The number of ether oxygens (including phenoxy) is 1. The van der Waals surface area contributed by atoms with Gasteiger partial charge in [-0.3, -0.25) is 0 Å². The smallest absolute Gasteiger partial charge is 0.191 e. The van der Waals surface area contributed by atoms with Crippen LogP contribution in [0.5, 0.6) is 5.75 Å². The fourth-order valence-corrected chi connectivity index (χ4v) is 4.92. The molecular weight excluding hydrogens is 455 g/mol. The zero-order chi connectivity index (χ0) is 23.7. The number of aromatic nitrogens is 1. The normalized spacial score (nSPS) is 13.7. The Bertz CT molecular complexity index is 1270.